The van der Waals surface area contributed by atoms with Gasteiger partial charge in [-0.05, 0) is 18.6 Å². The summed E-state index contributed by atoms with van der Waals surface area (Å²) in [5.74, 6) is 0.373. The molecule has 15 heavy (non-hydrogen) atoms. The highest BCUT2D eigenvalue weighted by Gasteiger charge is 2.19. The van der Waals surface area contributed by atoms with E-state index >= 15 is 0 Å². The van der Waals surface area contributed by atoms with E-state index in [-0.39, 0.29) is 5.91 Å². The first-order valence-corrected chi connectivity index (χ1v) is 5.05. The molecule has 0 aliphatic carbocycles. The molecule has 1 saturated heterocycles. The molecule has 1 aliphatic rings. The van der Waals surface area contributed by atoms with Gasteiger partial charge in [0.15, 0.2) is 0 Å². The minimum Gasteiger partial charge on any atom is -0.381 e. The largest absolute Gasteiger partial charge is 0.381 e. The molecule has 2 rings (SSSR count). The Hall–Kier alpha value is -1.42. The van der Waals surface area contributed by atoms with E-state index in [2.05, 4.69) is 10.3 Å². The molecule has 2 heterocycles. The average Bonchev–Trinajstić information content (AvgIpc) is 2.16. The Kier molecular flexibility index (Phi) is 2.97. The first-order valence-electron chi connectivity index (χ1n) is 5.05. The highest BCUT2D eigenvalue weighted by molar-refractivity contribution is 5.93. The first kappa shape index (κ1) is 10.1. The van der Waals surface area contributed by atoms with Gasteiger partial charge in [0.05, 0.1) is 13.2 Å². The molecule has 0 spiro atoms. The van der Waals surface area contributed by atoms with E-state index in [0.717, 1.165) is 18.8 Å². The van der Waals surface area contributed by atoms with Crippen molar-refractivity contribution in [2.45, 2.75) is 6.92 Å². The van der Waals surface area contributed by atoms with Gasteiger partial charge < -0.3 is 10.1 Å². The van der Waals surface area contributed by atoms with E-state index in [1.807, 2.05) is 19.1 Å². The number of nitrogens with zero attached hydrogens (tertiary/aromatic N) is 1. The molecule has 0 atom stereocenters. The zero-order valence-electron chi connectivity index (χ0n) is 8.69. The molecule has 0 radical (unpaired) electrons. The van der Waals surface area contributed by atoms with Crippen molar-refractivity contribution >= 4 is 5.91 Å². The van der Waals surface area contributed by atoms with Gasteiger partial charge in [0.1, 0.15) is 5.69 Å². The van der Waals surface area contributed by atoms with Crippen molar-refractivity contribution in [1.29, 1.82) is 0 Å². The summed E-state index contributed by atoms with van der Waals surface area (Å²) in [4.78, 5) is 15.8. The summed E-state index contributed by atoms with van der Waals surface area (Å²) >= 11 is 0. The maximum atomic E-state index is 11.7. The Balaban J connectivity index is 1.92. The van der Waals surface area contributed by atoms with Gasteiger partial charge in [-0.15, -0.1) is 0 Å². The fraction of sp³-hybridized carbons (Fsp3) is 0.455. The number of rotatable bonds is 3. The van der Waals surface area contributed by atoms with E-state index in [0.29, 0.717) is 18.2 Å². The molecule has 4 nitrogen and oxygen atoms in total. The number of hydrogen-bond donors (Lipinski definition) is 1. The third-order valence-corrected chi connectivity index (χ3v) is 2.48. The van der Waals surface area contributed by atoms with Crippen LogP contribution in [0.1, 0.15) is 16.1 Å². The Labute approximate surface area is 88.7 Å². The molecule has 1 amide bonds. The number of carbonyl (C=O) groups is 1. The molecule has 1 N–H and O–H groups in total. The third-order valence-electron chi connectivity index (χ3n) is 2.48. The van der Waals surface area contributed by atoms with Crippen LogP contribution in [-0.2, 0) is 4.74 Å². The van der Waals surface area contributed by atoms with Crippen molar-refractivity contribution in [2.24, 2.45) is 5.92 Å². The smallest absolute Gasteiger partial charge is 0.270 e. The van der Waals surface area contributed by atoms with Crippen molar-refractivity contribution in [3.8, 4) is 0 Å². The molecule has 1 aromatic heterocycles. The van der Waals surface area contributed by atoms with Crippen molar-refractivity contribution in [3.63, 3.8) is 0 Å². The van der Waals surface area contributed by atoms with Crippen molar-refractivity contribution < 1.29 is 9.53 Å². The number of nitrogens with one attached hydrogen (secondary N) is 1. The van der Waals surface area contributed by atoms with Crippen LogP contribution < -0.4 is 5.32 Å². The summed E-state index contributed by atoms with van der Waals surface area (Å²) in [7, 11) is 0. The number of pyridine rings is 1. The normalized spacial score (nSPS) is 15.8. The lowest BCUT2D eigenvalue weighted by atomic mass is 10.1. The first-order chi connectivity index (χ1) is 7.27. The lowest BCUT2D eigenvalue weighted by Crippen LogP contribution is -2.39. The topological polar surface area (TPSA) is 51.2 Å². The van der Waals surface area contributed by atoms with Crippen molar-refractivity contribution in [1.82, 2.24) is 10.3 Å². The maximum Gasteiger partial charge on any atom is 0.270 e. The summed E-state index contributed by atoms with van der Waals surface area (Å²) in [6.45, 7) is 4.06. The van der Waals surface area contributed by atoms with Crippen LogP contribution in [0.3, 0.4) is 0 Å². The van der Waals surface area contributed by atoms with Crippen LogP contribution in [0.15, 0.2) is 18.3 Å². The summed E-state index contributed by atoms with van der Waals surface area (Å²) in [6.07, 6.45) is 1.63. The van der Waals surface area contributed by atoms with Gasteiger partial charge in [-0.3, -0.25) is 9.78 Å². The summed E-state index contributed by atoms with van der Waals surface area (Å²) in [6, 6.07) is 3.71. The van der Waals surface area contributed by atoms with Gasteiger partial charge in [0.2, 0.25) is 0 Å². The number of aryl methyl sites for hydroxylation is 1. The van der Waals surface area contributed by atoms with E-state index in [9.17, 15) is 4.79 Å². The fourth-order valence-electron chi connectivity index (χ4n) is 1.45. The van der Waals surface area contributed by atoms with Crippen LogP contribution in [0.5, 0.6) is 0 Å². The minimum absolute atomic E-state index is 0.0972. The van der Waals surface area contributed by atoms with Gasteiger partial charge >= 0.3 is 0 Å². The quantitative estimate of drug-likeness (QED) is 0.794. The van der Waals surface area contributed by atoms with Crippen LogP contribution in [0.2, 0.25) is 0 Å². The molecule has 0 aromatic carbocycles. The molecule has 0 saturated carbocycles. The second kappa shape index (κ2) is 4.40. The standard InChI is InChI=1S/C11H14N2O2/c1-8-3-2-4-12-10(8)11(14)13-5-9-6-15-7-9/h2-4,9H,5-7H2,1H3,(H,13,14). The predicted octanol–water partition coefficient (Wildman–Crippen LogP) is 0.766. The molecule has 1 aliphatic heterocycles. The third kappa shape index (κ3) is 2.33. The van der Waals surface area contributed by atoms with Crippen molar-refractivity contribution in [2.75, 3.05) is 19.8 Å². The second-order valence-corrected chi connectivity index (χ2v) is 3.78. The van der Waals surface area contributed by atoms with Crippen molar-refractivity contribution in [3.05, 3.63) is 29.6 Å². The molecule has 1 fully saturated rings. The molecular formula is C11H14N2O2. The Morgan fingerprint density at radius 1 is 1.67 bits per heavy atom. The van der Waals surface area contributed by atoms with Crippen LogP contribution in [0.4, 0.5) is 0 Å². The van der Waals surface area contributed by atoms with Crippen LogP contribution >= 0.6 is 0 Å². The minimum atomic E-state index is -0.0972. The molecule has 1 aromatic rings. The van der Waals surface area contributed by atoms with Crippen LogP contribution in [0.25, 0.3) is 0 Å². The monoisotopic (exact) mass is 206 g/mol. The number of hydrogen-bond acceptors (Lipinski definition) is 3. The Morgan fingerprint density at radius 2 is 2.47 bits per heavy atom. The maximum absolute atomic E-state index is 11.7. The second-order valence-electron chi connectivity index (χ2n) is 3.78. The van der Waals surface area contributed by atoms with Gasteiger partial charge in [0, 0.05) is 18.7 Å². The molecular weight excluding hydrogens is 192 g/mol. The summed E-state index contributed by atoms with van der Waals surface area (Å²) < 4.78 is 5.03. The molecule has 4 heteroatoms. The van der Waals surface area contributed by atoms with E-state index < -0.39 is 0 Å². The highest BCUT2D eigenvalue weighted by Crippen LogP contribution is 2.08. The molecule has 80 valence electrons. The van der Waals surface area contributed by atoms with Gasteiger partial charge in [-0.25, -0.2) is 0 Å². The lowest BCUT2D eigenvalue weighted by molar-refractivity contribution is -0.0299. The lowest BCUT2D eigenvalue weighted by Gasteiger charge is -2.25. The number of carbonyl (C=O) groups excluding carboxylic acids is 1. The SMILES string of the molecule is Cc1cccnc1C(=O)NCC1COC1. The molecule has 0 bridgehead atoms. The number of aromatic nitrogens is 1. The average molecular weight is 206 g/mol. The van der Waals surface area contributed by atoms with Gasteiger partial charge in [0.25, 0.3) is 5.91 Å². The van der Waals surface area contributed by atoms with Crippen LogP contribution in [-0.4, -0.2) is 30.6 Å². The predicted molar refractivity (Wildman–Crippen MR) is 55.6 cm³/mol. The highest BCUT2D eigenvalue weighted by atomic mass is 16.5. The zero-order chi connectivity index (χ0) is 10.7. The fourth-order valence-corrected chi connectivity index (χ4v) is 1.45. The van der Waals surface area contributed by atoms with Crippen LogP contribution in [0, 0.1) is 12.8 Å². The Bertz CT molecular complexity index is 361. The summed E-state index contributed by atoms with van der Waals surface area (Å²) in [5, 5.41) is 2.86. The Morgan fingerprint density at radius 3 is 3.07 bits per heavy atom. The zero-order valence-corrected chi connectivity index (χ0v) is 8.69. The number of amides is 1. The van der Waals surface area contributed by atoms with Gasteiger partial charge in [-0.2, -0.15) is 0 Å². The van der Waals surface area contributed by atoms with E-state index in [1.165, 1.54) is 0 Å². The van der Waals surface area contributed by atoms with E-state index in [4.69, 9.17) is 4.74 Å². The van der Waals surface area contributed by atoms with E-state index in [1.54, 1.807) is 6.20 Å². The summed E-state index contributed by atoms with van der Waals surface area (Å²) in [5.41, 5.74) is 1.41. The number of ether oxygens (including phenoxy) is 1. The van der Waals surface area contributed by atoms with Gasteiger partial charge in [-0.1, -0.05) is 6.07 Å². The molecule has 0 unspecified atom stereocenters.